The lowest BCUT2D eigenvalue weighted by atomic mass is 10.0. The number of hydrogen-bond acceptors (Lipinski definition) is 3. The van der Waals surface area contributed by atoms with Gasteiger partial charge in [0.15, 0.2) is 0 Å². The van der Waals surface area contributed by atoms with Gasteiger partial charge in [-0.05, 0) is 31.0 Å². The zero-order valence-corrected chi connectivity index (χ0v) is 12.2. The van der Waals surface area contributed by atoms with Gasteiger partial charge in [0.25, 0.3) is 5.91 Å². The molecule has 2 N–H and O–H groups in total. The average molecular weight is 298 g/mol. The molecule has 1 saturated heterocycles. The molecule has 1 aliphatic heterocycles. The van der Waals surface area contributed by atoms with Crippen LogP contribution in [0.2, 0.25) is 0 Å². The topological polar surface area (TPSA) is 81.2 Å². The molecule has 0 unspecified atom stereocenters. The minimum atomic E-state index is -0.524. The van der Waals surface area contributed by atoms with Gasteiger partial charge >= 0.3 is 0 Å². The number of nitrogens with zero attached hydrogens (tertiary/aromatic N) is 3. The maximum Gasteiger partial charge on any atom is 0.253 e. The molecule has 0 spiro atoms. The van der Waals surface area contributed by atoms with Crippen LogP contribution in [0.25, 0.3) is 0 Å². The van der Waals surface area contributed by atoms with Gasteiger partial charge in [0, 0.05) is 36.6 Å². The largest absolute Gasteiger partial charge is 0.366 e. The van der Waals surface area contributed by atoms with E-state index in [2.05, 4.69) is 4.98 Å². The highest BCUT2D eigenvalue weighted by Gasteiger charge is 2.25. The van der Waals surface area contributed by atoms with Crippen molar-refractivity contribution in [2.45, 2.75) is 18.9 Å². The molecule has 3 rings (SSSR count). The molecule has 22 heavy (non-hydrogen) atoms. The predicted molar refractivity (Wildman–Crippen MR) is 81.4 cm³/mol. The lowest BCUT2D eigenvalue weighted by Gasteiger charge is -2.33. The van der Waals surface area contributed by atoms with Crippen LogP contribution in [0, 0.1) is 0 Å². The Morgan fingerprint density at radius 1 is 1.27 bits per heavy atom. The molecule has 2 aromatic rings. The van der Waals surface area contributed by atoms with Crippen molar-refractivity contribution in [3.63, 3.8) is 0 Å². The normalized spacial score (nSPS) is 18.2. The van der Waals surface area contributed by atoms with Gasteiger partial charge in [-0.2, -0.15) is 0 Å². The second-order valence-corrected chi connectivity index (χ2v) is 5.50. The first-order valence-electron chi connectivity index (χ1n) is 7.32. The number of imidazole rings is 1. The van der Waals surface area contributed by atoms with E-state index in [-0.39, 0.29) is 11.9 Å². The highest BCUT2D eigenvalue weighted by atomic mass is 16.2. The number of aromatic nitrogens is 2. The monoisotopic (exact) mass is 298 g/mol. The third kappa shape index (κ3) is 2.86. The summed E-state index contributed by atoms with van der Waals surface area (Å²) in [6, 6.07) is 6.83. The zero-order valence-electron chi connectivity index (χ0n) is 12.2. The van der Waals surface area contributed by atoms with Crippen molar-refractivity contribution in [1.29, 1.82) is 0 Å². The lowest BCUT2D eigenvalue weighted by molar-refractivity contribution is 0.0679. The van der Waals surface area contributed by atoms with Gasteiger partial charge in [0.05, 0.1) is 12.4 Å². The minimum absolute atomic E-state index is 0.0621. The van der Waals surface area contributed by atoms with Crippen LogP contribution in [-0.2, 0) is 0 Å². The molecule has 1 fully saturated rings. The number of primary amides is 1. The summed E-state index contributed by atoms with van der Waals surface area (Å²) in [6.45, 7) is 1.38. The summed E-state index contributed by atoms with van der Waals surface area (Å²) < 4.78 is 2.04. The van der Waals surface area contributed by atoms with E-state index in [9.17, 15) is 9.59 Å². The van der Waals surface area contributed by atoms with E-state index in [0.717, 1.165) is 19.4 Å². The quantitative estimate of drug-likeness (QED) is 0.931. The predicted octanol–water partition coefficient (Wildman–Crippen LogP) is 1.46. The molecule has 1 atom stereocenters. The van der Waals surface area contributed by atoms with Gasteiger partial charge in [-0.1, -0.05) is 6.07 Å². The Kier molecular flexibility index (Phi) is 3.91. The summed E-state index contributed by atoms with van der Waals surface area (Å²) in [5.41, 5.74) is 6.13. The van der Waals surface area contributed by atoms with E-state index in [4.69, 9.17) is 5.73 Å². The van der Waals surface area contributed by atoms with Gasteiger partial charge in [-0.3, -0.25) is 9.59 Å². The number of benzene rings is 1. The molecule has 2 heterocycles. The Morgan fingerprint density at radius 2 is 2.09 bits per heavy atom. The first-order valence-corrected chi connectivity index (χ1v) is 7.32. The fourth-order valence-corrected chi connectivity index (χ4v) is 2.86. The molecule has 1 aromatic carbocycles. The van der Waals surface area contributed by atoms with Crippen LogP contribution >= 0.6 is 0 Å². The SMILES string of the molecule is NC(=O)c1cccc(C(=O)N2CCC[C@H](n3ccnc3)C2)c1. The highest BCUT2D eigenvalue weighted by Crippen LogP contribution is 2.22. The number of hydrogen-bond donors (Lipinski definition) is 1. The molecule has 114 valence electrons. The lowest BCUT2D eigenvalue weighted by Crippen LogP contribution is -2.40. The summed E-state index contributed by atoms with van der Waals surface area (Å²) in [4.78, 5) is 29.8. The van der Waals surface area contributed by atoms with Crippen LogP contribution in [0.3, 0.4) is 0 Å². The maximum absolute atomic E-state index is 12.6. The van der Waals surface area contributed by atoms with Crippen molar-refractivity contribution in [3.8, 4) is 0 Å². The van der Waals surface area contributed by atoms with Crippen molar-refractivity contribution in [2.24, 2.45) is 5.73 Å². The van der Waals surface area contributed by atoms with Crippen molar-refractivity contribution < 1.29 is 9.59 Å². The standard InChI is InChI=1S/C16H18N4O2/c17-15(21)12-3-1-4-13(9-12)16(22)19-7-2-5-14(10-19)20-8-6-18-11-20/h1,3-4,6,8-9,11,14H,2,5,7,10H2,(H2,17,21)/t14-/m0/s1. The van der Waals surface area contributed by atoms with Gasteiger partial charge < -0.3 is 15.2 Å². The Labute approximate surface area is 128 Å². The number of rotatable bonds is 3. The van der Waals surface area contributed by atoms with Crippen LogP contribution in [-0.4, -0.2) is 39.4 Å². The van der Waals surface area contributed by atoms with Crippen molar-refractivity contribution in [2.75, 3.05) is 13.1 Å². The summed E-state index contributed by atoms with van der Waals surface area (Å²) >= 11 is 0. The smallest absolute Gasteiger partial charge is 0.253 e. The van der Waals surface area contributed by atoms with Gasteiger partial charge in [0.2, 0.25) is 5.91 Å². The van der Waals surface area contributed by atoms with Gasteiger partial charge in [-0.25, -0.2) is 4.98 Å². The van der Waals surface area contributed by atoms with Crippen molar-refractivity contribution in [3.05, 3.63) is 54.1 Å². The minimum Gasteiger partial charge on any atom is -0.366 e. The van der Waals surface area contributed by atoms with Crippen molar-refractivity contribution >= 4 is 11.8 Å². The summed E-state index contributed by atoms with van der Waals surface area (Å²) in [5, 5.41) is 0. The van der Waals surface area contributed by atoms with E-state index in [1.807, 2.05) is 15.7 Å². The third-order valence-corrected chi connectivity index (χ3v) is 4.02. The molecular weight excluding hydrogens is 280 g/mol. The molecule has 1 aliphatic rings. The van der Waals surface area contributed by atoms with Crippen LogP contribution in [0.15, 0.2) is 43.0 Å². The second-order valence-electron chi connectivity index (χ2n) is 5.50. The van der Waals surface area contributed by atoms with E-state index in [1.165, 1.54) is 0 Å². The zero-order chi connectivity index (χ0) is 15.5. The van der Waals surface area contributed by atoms with Gasteiger partial charge in [0.1, 0.15) is 0 Å². The maximum atomic E-state index is 12.6. The van der Waals surface area contributed by atoms with E-state index in [1.54, 1.807) is 36.8 Å². The fraction of sp³-hybridized carbons (Fsp3) is 0.312. The summed E-state index contributed by atoms with van der Waals surface area (Å²) in [5.74, 6) is -0.586. The van der Waals surface area contributed by atoms with Crippen LogP contribution in [0.1, 0.15) is 39.6 Å². The average Bonchev–Trinajstić information content (AvgIpc) is 3.09. The molecule has 6 heteroatoms. The summed E-state index contributed by atoms with van der Waals surface area (Å²) in [6.07, 6.45) is 7.43. The molecular formula is C16H18N4O2. The molecule has 6 nitrogen and oxygen atoms in total. The summed E-state index contributed by atoms with van der Waals surface area (Å²) in [7, 11) is 0. The number of carbonyl (C=O) groups is 2. The molecule has 2 amide bonds. The fourth-order valence-electron chi connectivity index (χ4n) is 2.86. The number of amides is 2. The first-order chi connectivity index (χ1) is 10.6. The molecule has 0 saturated carbocycles. The highest BCUT2D eigenvalue weighted by molar-refractivity contribution is 5.99. The Morgan fingerprint density at radius 3 is 2.82 bits per heavy atom. The Balaban J connectivity index is 1.77. The second kappa shape index (κ2) is 6.01. The molecule has 0 bridgehead atoms. The van der Waals surface area contributed by atoms with E-state index >= 15 is 0 Å². The number of piperidine rings is 1. The van der Waals surface area contributed by atoms with Crippen LogP contribution in [0.4, 0.5) is 0 Å². The Hall–Kier alpha value is -2.63. The van der Waals surface area contributed by atoms with Gasteiger partial charge in [-0.15, -0.1) is 0 Å². The number of nitrogens with two attached hydrogens (primary N) is 1. The van der Waals surface area contributed by atoms with Crippen LogP contribution in [0.5, 0.6) is 0 Å². The van der Waals surface area contributed by atoms with E-state index in [0.29, 0.717) is 17.7 Å². The van der Waals surface area contributed by atoms with Crippen molar-refractivity contribution in [1.82, 2.24) is 14.5 Å². The van der Waals surface area contributed by atoms with E-state index < -0.39 is 5.91 Å². The number of carbonyl (C=O) groups excluding carboxylic acids is 2. The van der Waals surface area contributed by atoms with Crippen LogP contribution < -0.4 is 5.73 Å². The third-order valence-electron chi connectivity index (χ3n) is 4.02. The first kappa shape index (κ1) is 14.3. The molecule has 0 aliphatic carbocycles. The molecule has 0 radical (unpaired) electrons. The Bertz CT molecular complexity index is 681. The number of likely N-dealkylation sites (tertiary alicyclic amines) is 1. The molecule has 1 aromatic heterocycles.